The number of hydrogen-bond acceptors (Lipinski definition) is 3. The molecule has 2 aromatic rings. The summed E-state index contributed by atoms with van der Waals surface area (Å²) in [7, 11) is 1.78. The number of hydrogen-bond donors (Lipinski definition) is 1. The second-order valence-electron chi connectivity index (χ2n) is 3.73. The van der Waals surface area contributed by atoms with Crippen molar-refractivity contribution in [2.45, 2.75) is 12.7 Å². The highest BCUT2D eigenvalue weighted by molar-refractivity contribution is 5.31. The monoisotopic (exact) mass is 256 g/mol. The van der Waals surface area contributed by atoms with Crippen molar-refractivity contribution in [2.75, 3.05) is 7.05 Å². The number of aromatic nitrogens is 3. The van der Waals surface area contributed by atoms with Gasteiger partial charge in [-0.15, -0.1) is 0 Å². The van der Waals surface area contributed by atoms with E-state index in [-0.39, 0.29) is 0 Å². The van der Waals surface area contributed by atoms with Crippen LogP contribution in [0.5, 0.6) is 0 Å². The second-order valence-corrected chi connectivity index (χ2v) is 3.73. The third kappa shape index (κ3) is 2.67. The third-order valence-electron chi connectivity index (χ3n) is 2.31. The molecular weight excluding hydrogens is 245 g/mol. The fourth-order valence-electron chi connectivity index (χ4n) is 1.52. The van der Waals surface area contributed by atoms with Crippen LogP contribution in [0.3, 0.4) is 0 Å². The fraction of sp³-hybridized carbons (Fsp3) is 0.273. The van der Waals surface area contributed by atoms with Gasteiger partial charge in [0.1, 0.15) is 0 Å². The molecule has 0 unspecified atom stereocenters. The number of rotatable bonds is 3. The molecule has 0 spiro atoms. The highest BCUT2D eigenvalue weighted by Crippen LogP contribution is 2.27. The summed E-state index contributed by atoms with van der Waals surface area (Å²) in [6, 6.07) is 2.67. The normalized spacial score (nSPS) is 11.8. The molecule has 0 aromatic carbocycles. The maximum absolute atomic E-state index is 12.4. The maximum atomic E-state index is 12.4. The van der Waals surface area contributed by atoms with Gasteiger partial charge in [0.25, 0.3) is 0 Å². The van der Waals surface area contributed by atoms with Gasteiger partial charge in [-0.25, -0.2) is 4.68 Å². The van der Waals surface area contributed by atoms with Crippen LogP contribution >= 0.6 is 0 Å². The average molecular weight is 256 g/mol. The summed E-state index contributed by atoms with van der Waals surface area (Å²) < 4.78 is 38.4. The van der Waals surface area contributed by atoms with Crippen LogP contribution in [0.15, 0.2) is 30.7 Å². The minimum atomic E-state index is -4.43. The molecule has 2 aromatic heterocycles. The summed E-state index contributed by atoms with van der Waals surface area (Å²) in [5.74, 6) is 0. The lowest BCUT2D eigenvalue weighted by atomic mass is 10.2. The van der Waals surface area contributed by atoms with Gasteiger partial charge in [-0.3, -0.25) is 4.98 Å². The predicted molar refractivity (Wildman–Crippen MR) is 59.1 cm³/mol. The number of nitrogens with one attached hydrogen (secondary N) is 1. The Morgan fingerprint density at radius 2 is 2.11 bits per heavy atom. The van der Waals surface area contributed by atoms with Crippen LogP contribution in [-0.2, 0) is 12.7 Å². The average Bonchev–Trinajstić information content (AvgIpc) is 2.78. The summed E-state index contributed by atoms with van der Waals surface area (Å²) in [6.45, 7) is 0.592. The van der Waals surface area contributed by atoms with Crippen LogP contribution in [0.1, 0.15) is 11.3 Å². The van der Waals surface area contributed by atoms with Gasteiger partial charge in [0, 0.05) is 18.9 Å². The van der Waals surface area contributed by atoms with Crippen molar-refractivity contribution >= 4 is 0 Å². The van der Waals surface area contributed by atoms with E-state index in [1.165, 1.54) is 12.4 Å². The zero-order chi connectivity index (χ0) is 13.2. The van der Waals surface area contributed by atoms with Gasteiger partial charge in [0.2, 0.25) is 0 Å². The lowest BCUT2D eigenvalue weighted by Crippen LogP contribution is -2.08. The third-order valence-corrected chi connectivity index (χ3v) is 2.31. The Hall–Kier alpha value is -1.89. The van der Waals surface area contributed by atoms with Gasteiger partial charge < -0.3 is 5.32 Å². The van der Waals surface area contributed by atoms with E-state index < -0.39 is 11.9 Å². The molecular formula is C11H11F3N4. The maximum Gasteiger partial charge on any atom is 0.435 e. The lowest BCUT2D eigenvalue weighted by molar-refractivity contribution is -0.141. The van der Waals surface area contributed by atoms with E-state index in [2.05, 4.69) is 15.4 Å². The molecule has 0 radical (unpaired) electrons. The Kier molecular flexibility index (Phi) is 3.33. The van der Waals surface area contributed by atoms with Crippen LogP contribution in [0.2, 0.25) is 0 Å². The Morgan fingerprint density at radius 1 is 1.33 bits per heavy atom. The highest BCUT2D eigenvalue weighted by atomic mass is 19.4. The SMILES string of the molecule is CNCc1cncc(-n2ccc(C(F)(F)F)n2)c1. The van der Waals surface area contributed by atoms with E-state index in [4.69, 9.17) is 0 Å². The van der Waals surface area contributed by atoms with Gasteiger partial charge in [0.05, 0.1) is 11.9 Å². The summed E-state index contributed by atoms with van der Waals surface area (Å²) in [4.78, 5) is 3.97. The molecule has 0 aliphatic carbocycles. The quantitative estimate of drug-likeness (QED) is 0.913. The van der Waals surface area contributed by atoms with Crippen molar-refractivity contribution in [3.05, 3.63) is 42.0 Å². The van der Waals surface area contributed by atoms with Crippen molar-refractivity contribution in [2.24, 2.45) is 0 Å². The molecule has 0 aliphatic rings. The van der Waals surface area contributed by atoms with Crippen molar-refractivity contribution in [3.63, 3.8) is 0 Å². The Balaban J connectivity index is 2.31. The van der Waals surface area contributed by atoms with E-state index in [0.29, 0.717) is 12.2 Å². The molecule has 0 fully saturated rings. The number of nitrogens with zero attached hydrogens (tertiary/aromatic N) is 3. The Labute approximate surface area is 101 Å². The molecule has 4 nitrogen and oxygen atoms in total. The molecule has 1 N–H and O–H groups in total. The molecule has 0 aliphatic heterocycles. The lowest BCUT2D eigenvalue weighted by Gasteiger charge is -2.05. The molecule has 96 valence electrons. The van der Waals surface area contributed by atoms with Crippen LogP contribution < -0.4 is 5.32 Å². The first-order valence-electron chi connectivity index (χ1n) is 5.22. The molecule has 2 heterocycles. The van der Waals surface area contributed by atoms with E-state index in [9.17, 15) is 13.2 Å². The van der Waals surface area contributed by atoms with Crippen molar-refractivity contribution in [1.29, 1.82) is 0 Å². The smallest absolute Gasteiger partial charge is 0.316 e. The largest absolute Gasteiger partial charge is 0.435 e. The van der Waals surface area contributed by atoms with Crippen LogP contribution in [0, 0.1) is 0 Å². The molecule has 18 heavy (non-hydrogen) atoms. The Bertz CT molecular complexity index is 533. The van der Waals surface area contributed by atoms with Gasteiger partial charge >= 0.3 is 6.18 Å². The molecule has 0 saturated carbocycles. The van der Waals surface area contributed by atoms with E-state index in [0.717, 1.165) is 16.3 Å². The van der Waals surface area contributed by atoms with Crippen LogP contribution in [-0.4, -0.2) is 21.8 Å². The number of pyridine rings is 1. The molecule has 0 amide bonds. The predicted octanol–water partition coefficient (Wildman–Crippen LogP) is 2.01. The zero-order valence-corrected chi connectivity index (χ0v) is 9.57. The Morgan fingerprint density at radius 3 is 2.72 bits per heavy atom. The highest BCUT2D eigenvalue weighted by Gasteiger charge is 2.33. The molecule has 0 atom stereocenters. The summed E-state index contributed by atoms with van der Waals surface area (Å²) in [5, 5.41) is 6.43. The summed E-state index contributed by atoms with van der Waals surface area (Å²) >= 11 is 0. The standard InChI is InChI=1S/C11H11F3N4/c1-15-5-8-4-9(7-16-6-8)18-3-2-10(17-18)11(12,13)14/h2-4,6-7,15H,5H2,1H3. The van der Waals surface area contributed by atoms with E-state index in [1.807, 2.05) is 0 Å². The van der Waals surface area contributed by atoms with Crippen LogP contribution in [0.4, 0.5) is 13.2 Å². The minimum absolute atomic E-state index is 0.498. The summed E-state index contributed by atoms with van der Waals surface area (Å²) in [6.07, 6.45) is -0.0509. The van der Waals surface area contributed by atoms with Gasteiger partial charge in [-0.1, -0.05) is 0 Å². The van der Waals surface area contributed by atoms with E-state index >= 15 is 0 Å². The van der Waals surface area contributed by atoms with Crippen molar-refractivity contribution < 1.29 is 13.2 Å². The molecule has 0 bridgehead atoms. The topological polar surface area (TPSA) is 42.7 Å². The minimum Gasteiger partial charge on any atom is -0.316 e. The first kappa shape index (κ1) is 12.6. The number of alkyl halides is 3. The molecule has 7 heteroatoms. The van der Waals surface area contributed by atoms with Crippen LogP contribution in [0.25, 0.3) is 5.69 Å². The number of halogens is 3. The van der Waals surface area contributed by atoms with Gasteiger partial charge in [0.15, 0.2) is 5.69 Å². The van der Waals surface area contributed by atoms with Crippen molar-refractivity contribution in [1.82, 2.24) is 20.1 Å². The second kappa shape index (κ2) is 4.77. The van der Waals surface area contributed by atoms with Crippen molar-refractivity contribution in [3.8, 4) is 5.69 Å². The first-order valence-corrected chi connectivity index (χ1v) is 5.22. The van der Waals surface area contributed by atoms with Gasteiger partial charge in [-0.05, 0) is 24.7 Å². The van der Waals surface area contributed by atoms with Gasteiger partial charge in [-0.2, -0.15) is 18.3 Å². The first-order chi connectivity index (χ1) is 8.50. The van der Waals surface area contributed by atoms with E-state index in [1.54, 1.807) is 19.3 Å². The fourth-order valence-corrected chi connectivity index (χ4v) is 1.52. The summed E-state index contributed by atoms with van der Waals surface area (Å²) in [5.41, 5.74) is 0.457. The molecule has 0 saturated heterocycles. The molecule has 2 rings (SSSR count). The zero-order valence-electron chi connectivity index (χ0n) is 9.57.